The Labute approximate surface area is 99.2 Å². The fraction of sp³-hybridized carbons (Fsp3) is 0.333. The van der Waals surface area contributed by atoms with Crippen LogP contribution in [0, 0.1) is 22.5 Å². The summed E-state index contributed by atoms with van der Waals surface area (Å²) in [4.78, 5) is 10.1. The Morgan fingerprint density at radius 1 is 1.53 bits per heavy atom. The molecule has 0 bridgehead atoms. The maximum atomic E-state index is 10.8. The Hall–Kier alpha value is -2.22. The van der Waals surface area contributed by atoms with Gasteiger partial charge in [0, 0.05) is 6.07 Å². The molecule has 0 saturated carbocycles. The number of phenols is 1. The van der Waals surface area contributed by atoms with Gasteiger partial charge in [-0.15, -0.1) is 6.42 Å². The Morgan fingerprint density at radius 2 is 2.12 bits per heavy atom. The molecule has 1 N–H and O–H groups in total. The molecule has 0 heterocycles. The SMILES string of the molecule is C#CC(C)(C)c1cc(OC)c(O)c([N+](=O)[O-])c1. The van der Waals surface area contributed by atoms with E-state index in [9.17, 15) is 15.2 Å². The minimum Gasteiger partial charge on any atom is -0.500 e. The van der Waals surface area contributed by atoms with Crippen molar-refractivity contribution in [1.29, 1.82) is 0 Å². The first kappa shape index (κ1) is 12.8. The molecule has 0 aliphatic heterocycles. The fourth-order valence-corrected chi connectivity index (χ4v) is 1.33. The molecule has 17 heavy (non-hydrogen) atoms. The van der Waals surface area contributed by atoms with Gasteiger partial charge in [0.1, 0.15) is 0 Å². The van der Waals surface area contributed by atoms with Crippen molar-refractivity contribution < 1.29 is 14.8 Å². The van der Waals surface area contributed by atoms with Crippen LogP contribution in [0.2, 0.25) is 0 Å². The molecule has 0 aromatic heterocycles. The van der Waals surface area contributed by atoms with Crippen LogP contribution in [0.25, 0.3) is 0 Å². The average Bonchev–Trinajstić information content (AvgIpc) is 2.28. The van der Waals surface area contributed by atoms with E-state index in [0.717, 1.165) is 0 Å². The number of nitro benzene ring substituents is 1. The van der Waals surface area contributed by atoms with E-state index in [0.29, 0.717) is 5.56 Å². The number of terminal acetylenes is 1. The second-order valence-electron chi connectivity index (χ2n) is 4.07. The number of hydrogen-bond acceptors (Lipinski definition) is 4. The molecule has 0 radical (unpaired) electrons. The first-order valence-corrected chi connectivity index (χ1v) is 4.87. The lowest BCUT2D eigenvalue weighted by atomic mass is 9.85. The van der Waals surface area contributed by atoms with E-state index in [1.54, 1.807) is 13.8 Å². The standard InChI is InChI=1S/C12H13NO4/c1-5-12(2,3)8-6-9(13(15)16)11(14)10(7-8)17-4/h1,6-7,14H,2-4H3. The number of nitrogens with zero attached hydrogens (tertiary/aromatic N) is 1. The summed E-state index contributed by atoms with van der Waals surface area (Å²) in [5, 5.41) is 20.4. The molecule has 5 heteroatoms. The molecular weight excluding hydrogens is 222 g/mol. The van der Waals surface area contributed by atoms with Crippen LogP contribution in [0.4, 0.5) is 5.69 Å². The third-order valence-electron chi connectivity index (χ3n) is 2.55. The molecule has 0 aliphatic rings. The van der Waals surface area contributed by atoms with Crippen LogP contribution in [-0.4, -0.2) is 17.1 Å². The van der Waals surface area contributed by atoms with E-state index in [1.165, 1.54) is 19.2 Å². The van der Waals surface area contributed by atoms with Crippen LogP contribution in [0.3, 0.4) is 0 Å². The van der Waals surface area contributed by atoms with Crippen LogP contribution in [0.1, 0.15) is 19.4 Å². The van der Waals surface area contributed by atoms with Crippen molar-refractivity contribution in [3.05, 3.63) is 27.8 Å². The molecule has 1 rings (SSSR count). The molecule has 0 aliphatic carbocycles. The number of hydrogen-bond donors (Lipinski definition) is 1. The zero-order valence-corrected chi connectivity index (χ0v) is 9.85. The highest BCUT2D eigenvalue weighted by Crippen LogP contribution is 2.40. The normalized spacial score (nSPS) is 10.7. The molecule has 0 saturated heterocycles. The van der Waals surface area contributed by atoms with Gasteiger partial charge in [0.2, 0.25) is 5.75 Å². The van der Waals surface area contributed by atoms with Crippen molar-refractivity contribution in [2.24, 2.45) is 0 Å². The number of phenolic OH excluding ortho intramolecular Hbond substituents is 1. The average molecular weight is 235 g/mol. The van der Waals surface area contributed by atoms with Crippen LogP contribution in [0.5, 0.6) is 11.5 Å². The Bertz CT molecular complexity index is 500. The van der Waals surface area contributed by atoms with Crippen LogP contribution >= 0.6 is 0 Å². The van der Waals surface area contributed by atoms with Gasteiger partial charge in [-0.3, -0.25) is 10.1 Å². The Morgan fingerprint density at radius 3 is 2.53 bits per heavy atom. The van der Waals surface area contributed by atoms with E-state index in [-0.39, 0.29) is 5.75 Å². The van der Waals surface area contributed by atoms with E-state index in [4.69, 9.17) is 11.2 Å². The van der Waals surface area contributed by atoms with Gasteiger partial charge < -0.3 is 9.84 Å². The minimum atomic E-state index is -0.675. The molecule has 0 unspecified atom stereocenters. The summed E-state index contributed by atoms with van der Waals surface area (Å²) in [5.41, 5.74) is -0.546. The van der Waals surface area contributed by atoms with Crippen molar-refractivity contribution in [2.75, 3.05) is 7.11 Å². The van der Waals surface area contributed by atoms with Gasteiger partial charge in [-0.1, -0.05) is 5.92 Å². The van der Waals surface area contributed by atoms with Gasteiger partial charge in [-0.05, 0) is 25.5 Å². The van der Waals surface area contributed by atoms with Crippen molar-refractivity contribution in [3.8, 4) is 23.8 Å². The van der Waals surface area contributed by atoms with Crippen molar-refractivity contribution in [2.45, 2.75) is 19.3 Å². The monoisotopic (exact) mass is 235 g/mol. The highest BCUT2D eigenvalue weighted by atomic mass is 16.6. The number of ether oxygens (including phenoxy) is 1. The van der Waals surface area contributed by atoms with E-state index < -0.39 is 21.8 Å². The molecule has 1 aromatic carbocycles. The lowest BCUT2D eigenvalue weighted by Crippen LogP contribution is -2.14. The van der Waals surface area contributed by atoms with Gasteiger partial charge in [0.25, 0.3) is 0 Å². The second-order valence-corrected chi connectivity index (χ2v) is 4.07. The summed E-state index contributed by atoms with van der Waals surface area (Å²) in [6.07, 6.45) is 5.37. The predicted molar refractivity (Wildman–Crippen MR) is 63.2 cm³/mol. The van der Waals surface area contributed by atoms with Crippen molar-refractivity contribution >= 4 is 5.69 Å². The van der Waals surface area contributed by atoms with Crippen LogP contribution < -0.4 is 4.74 Å². The summed E-state index contributed by atoms with van der Waals surface area (Å²) in [5.74, 6) is 2.08. The number of nitro groups is 1. The Kier molecular flexibility index (Phi) is 3.28. The summed E-state index contributed by atoms with van der Waals surface area (Å²) in [6.45, 7) is 3.51. The van der Waals surface area contributed by atoms with Gasteiger partial charge in [0.15, 0.2) is 5.75 Å². The zero-order valence-electron chi connectivity index (χ0n) is 9.85. The summed E-state index contributed by atoms with van der Waals surface area (Å²) < 4.78 is 4.89. The maximum Gasteiger partial charge on any atom is 0.314 e. The van der Waals surface area contributed by atoms with E-state index in [2.05, 4.69) is 5.92 Å². The zero-order chi connectivity index (χ0) is 13.2. The third-order valence-corrected chi connectivity index (χ3v) is 2.55. The summed E-state index contributed by atoms with van der Waals surface area (Å²) in [6, 6.07) is 2.76. The summed E-state index contributed by atoms with van der Waals surface area (Å²) >= 11 is 0. The summed E-state index contributed by atoms with van der Waals surface area (Å²) in [7, 11) is 1.32. The minimum absolute atomic E-state index is 0.0394. The number of benzene rings is 1. The van der Waals surface area contributed by atoms with Crippen molar-refractivity contribution in [3.63, 3.8) is 0 Å². The predicted octanol–water partition coefficient (Wildman–Crippen LogP) is 2.22. The maximum absolute atomic E-state index is 10.8. The molecule has 90 valence electrons. The van der Waals surface area contributed by atoms with Crippen LogP contribution in [0.15, 0.2) is 12.1 Å². The van der Waals surface area contributed by atoms with Gasteiger partial charge in [0.05, 0.1) is 17.4 Å². The number of methoxy groups -OCH3 is 1. The highest BCUT2D eigenvalue weighted by molar-refractivity contribution is 5.59. The first-order valence-electron chi connectivity index (χ1n) is 4.87. The molecular formula is C12H13NO4. The Balaban J connectivity index is 3.52. The fourth-order valence-electron chi connectivity index (χ4n) is 1.33. The molecule has 5 nitrogen and oxygen atoms in total. The van der Waals surface area contributed by atoms with Gasteiger partial charge in [-0.2, -0.15) is 0 Å². The molecule has 0 atom stereocenters. The molecule has 1 aromatic rings. The lowest BCUT2D eigenvalue weighted by molar-refractivity contribution is -0.386. The second kappa shape index (κ2) is 4.34. The van der Waals surface area contributed by atoms with Gasteiger partial charge in [-0.25, -0.2) is 0 Å². The highest BCUT2D eigenvalue weighted by Gasteiger charge is 2.26. The molecule has 0 spiro atoms. The van der Waals surface area contributed by atoms with Gasteiger partial charge >= 0.3 is 5.69 Å². The number of rotatable bonds is 3. The van der Waals surface area contributed by atoms with Crippen LogP contribution in [-0.2, 0) is 5.41 Å². The third kappa shape index (κ3) is 2.31. The first-order chi connectivity index (χ1) is 7.83. The molecule has 0 amide bonds. The molecule has 0 fully saturated rings. The quantitative estimate of drug-likeness (QED) is 0.495. The largest absolute Gasteiger partial charge is 0.500 e. The number of aromatic hydroxyl groups is 1. The topological polar surface area (TPSA) is 72.6 Å². The van der Waals surface area contributed by atoms with E-state index in [1.807, 2.05) is 0 Å². The van der Waals surface area contributed by atoms with Crippen molar-refractivity contribution in [1.82, 2.24) is 0 Å². The van der Waals surface area contributed by atoms with E-state index >= 15 is 0 Å². The smallest absolute Gasteiger partial charge is 0.314 e. The lowest BCUT2D eigenvalue weighted by Gasteiger charge is -2.19.